The van der Waals surface area contributed by atoms with Crippen molar-refractivity contribution in [2.24, 2.45) is 11.1 Å². The molecule has 4 N–H and O–H groups in total. The molecule has 11 heteroatoms. The standard InChI is InChI=1S/C22H21F2N7O2/c1-10(32)18-26-6-11(7-27-18)33-21-29-19-16(15-13(28-19)3-2-12(23)17(15)24)20(30-21)31-8-22(9-31)5-4-14(22)25/h2-3,6-7,10,14,32H,4-5,8-9,25H2,1H3,(H,28,29,30). The van der Waals surface area contributed by atoms with Crippen molar-refractivity contribution in [1.29, 1.82) is 0 Å². The second-order valence-electron chi connectivity index (χ2n) is 8.88. The highest BCUT2D eigenvalue weighted by Gasteiger charge is 2.54. The third-order valence-electron chi connectivity index (χ3n) is 6.75. The average molecular weight is 453 g/mol. The Balaban J connectivity index is 1.45. The lowest BCUT2D eigenvalue weighted by Crippen LogP contribution is -2.69. The van der Waals surface area contributed by atoms with E-state index in [0.717, 1.165) is 18.9 Å². The number of hydrogen-bond acceptors (Lipinski definition) is 8. The van der Waals surface area contributed by atoms with E-state index in [1.165, 1.54) is 18.5 Å². The molecule has 1 saturated heterocycles. The molecule has 4 aromatic rings. The van der Waals surface area contributed by atoms with Gasteiger partial charge in [-0.15, -0.1) is 0 Å². The van der Waals surface area contributed by atoms with E-state index in [0.29, 0.717) is 35.5 Å². The number of aromatic amines is 1. The highest BCUT2D eigenvalue weighted by atomic mass is 19.2. The van der Waals surface area contributed by atoms with Gasteiger partial charge in [-0.1, -0.05) is 0 Å². The minimum atomic E-state index is -0.949. The van der Waals surface area contributed by atoms with Crippen LogP contribution in [0.3, 0.4) is 0 Å². The van der Waals surface area contributed by atoms with Gasteiger partial charge in [-0.3, -0.25) is 0 Å². The number of fused-ring (bicyclic) bond motifs is 3. The van der Waals surface area contributed by atoms with Crippen LogP contribution in [0.1, 0.15) is 31.7 Å². The minimum absolute atomic E-state index is 0.0113. The number of anilines is 1. The normalized spacial score (nSPS) is 20.2. The molecule has 4 heterocycles. The van der Waals surface area contributed by atoms with E-state index in [9.17, 15) is 13.9 Å². The van der Waals surface area contributed by atoms with Gasteiger partial charge in [-0.25, -0.2) is 18.7 Å². The number of nitrogens with two attached hydrogens (primary N) is 1. The first-order valence-electron chi connectivity index (χ1n) is 10.7. The van der Waals surface area contributed by atoms with Crippen LogP contribution in [0.4, 0.5) is 14.6 Å². The van der Waals surface area contributed by atoms with Crippen molar-refractivity contribution in [3.05, 3.63) is 42.0 Å². The summed E-state index contributed by atoms with van der Waals surface area (Å²) < 4.78 is 34.6. The lowest BCUT2D eigenvalue weighted by atomic mass is 9.60. The van der Waals surface area contributed by atoms with Crippen molar-refractivity contribution in [3.63, 3.8) is 0 Å². The van der Waals surface area contributed by atoms with Crippen molar-refractivity contribution >= 4 is 27.8 Å². The SMILES string of the molecule is CC(O)c1ncc(Oc2nc(N3CC4(CCC4N)C3)c3c(n2)[nH]c2ccc(F)c(F)c23)cn1. The molecule has 1 saturated carbocycles. The Morgan fingerprint density at radius 1 is 1.21 bits per heavy atom. The van der Waals surface area contributed by atoms with Crippen LogP contribution in [-0.2, 0) is 0 Å². The number of H-pyrrole nitrogens is 1. The molecule has 2 unspecified atom stereocenters. The summed E-state index contributed by atoms with van der Waals surface area (Å²) in [4.78, 5) is 22.1. The molecule has 33 heavy (non-hydrogen) atoms. The van der Waals surface area contributed by atoms with E-state index in [1.807, 2.05) is 4.90 Å². The number of aliphatic hydroxyl groups excluding tert-OH is 1. The summed E-state index contributed by atoms with van der Waals surface area (Å²) in [6.07, 6.45) is 4.03. The van der Waals surface area contributed by atoms with E-state index >= 15 is 0 Å². The molecule has 9 nitrogen and oxygen atoms in total. The van der Waals surface area contributed by atoms with Crippen LogP contribution in [0.2, 0.25) is 0 Å². The molecular weight excluding hydrogens is 432 g/mol. The quantitative estimate of drug-likeness (QED) is 0.431. The number of nitrogens with one attached hydrogen (secondary N) is 1. The van der Waals surface area contributed by atoms with Crippen LogP contribution in [0.5, 0.6) is 11.8 Å². The van der Waals surface area contributed by atoms with Gasteiger partial charge >= 0.3 is 6.01 Å². The Kier molecular flexibility index (Phi) is 4.30. The smallest absolute Gasteiger partial charge is 0.326 e. The van der Waals surface area contributed by atoms with E-state index < -0.39 is 17.7 Å². The first-order chi connectivity index (χ1) is 15.8. The highest BCUT2D eigenvalue weighted by molar-refractivity contribution is 6.11. The molecular formula is C22H21F2N7O2. The van der Waals surface area contributed by atoms with Crippen molar-refractivity contribution in [1.82, 2.24) is 24.9 Å². The molecule has 2 atom stereocenters. The van der Waals surface area contributed by atoms with Gasteiger partial charge in [-0.05, 0) is 31.9 Å². The average Bonchev–Trinajstić information content (AvgIpc) is 3.14. The molecule has 1 aromatic carbocycles. The molecule has 0 bridgehead atoms. The molecule has 0 radical (unpaired) electrons. The van der Waals surface area contributed by atoms with Gasteiger partial charge in [0.2, 0.25) is 0 Å². The van der Waals surface area contributed by atoms with Crippen LogP contribution < -0.4 is 15.4 Å². The minimum Gasteiger partial charge on any atom is -0.421 e. The third kappa shape index (κ3) is 3.03. The lowest BCUT2D eigenvalue weighted by Gasteiger charge is -2.60. The number of rotatable bonds is 4. The first kappa shape index (κ1) is 20.2. The van der Waals surface area contributed by atoms with Gasteiger partial charge in [0.25, 0.3) is 0 Å². The van der Waals surface area contributed by atoms with Crippen molar-refractivity contribution < 1.29 is 18.6 Å². The molecule has 2 fully saturated rings. The number of benzene rings is 1. The lowest BCUT2D eigenvalue weighted by molar-refractivity contribution is 0.0559. The number of halogens is 2. The fourth-order valence-electron chi connectivity index (χ4n) is 4.73. The van der Waals surface area contributed by atoms with E-state index in [-0.39, 0.29) is 34.4 Å². The Bertz CT molecular complexity index is 1380. The number of hydrogen-bond donors (Lipinski definition) is 3. The Labute approximate surface area is 186 Å². The van der Waals surface area contributed by atoms with Gasteiger partial charge in [-0.2, -0.15) is 9.97 Å². The van der Waals surface area contributed by atoms with Gasteiger partial charge in [0.15, 0.2) is 23.2 Å². The molecule has 2 aliphatic rings. The van der Waals surface area contributed by atoms with Crippen LogP contribution in [0.15, 0.2) is 24.5 Å². The summed E-state index contributed by atoms with van der Waals surface area (Å²) >= 11 is 0. The Morgan fingerprint density at radius 2 is 1.97 bits per heavy atom. The molecule has 0 amide bonds. The maximum absolute atomic E-state index is 14.8. The molecule has 1 spiro atoms. The van der Waals surface area contributed by atoms with Gasteiger partial charge in [0.05, 0.1) is 28.7 Å². The number of ether oxygens (including phenoxy) is 1. The fraction of sp³-hybridized carbons (Fsp3) is 0.364. The van der Waals surface area contributed by atoms with E-state index in [1.54, 1.807) is 6.92 Å². The molecule has 1 aliphatic carbocycles. The second-order valence-corrected chi connectivity index (χ2v) is 8.88. The zero-order valence-electron chi connectivity index (χ0n) is 17.7. The summed E-state index contributed by atoms with van der Waals surface area (Å²) in [6, 6.07) is 2.69. The number of aromatic nitrogens is 5. The predicted octanol–water partition coefficient (Wildman–Crippen LogP) is 2.95. The summed E-state index contributed by atoms with van der Waals surface area (Å²) in [5.74, 6) is -0.896. The van der Waals surface area contributed by atoms with E-state index in [2.05, 4.69) is 24.9 Å². The van der Waals surface area contributed by atoms with E-state index in [4.69, 9.17) is 10.5 Å². The third-order valence-corrected chi connectivity index (χ3v) is 6.75. The highest BCUT2D eigenvalue weighted by Crippen LogP contribution is 2.50. The topological polar surface area (TPSA) is 126 Å². The molecule has 6 rings (SSSR count). The summed E-state index contributed by atoms with van der Waals surface area (Å²) in [6.45, 7) is 2.91. The van der Waals surface area contributed by atoms with Gasteiger partial charge in [0, 0.05) is 24.5 Å². The summed E-state index contributed by atoms with van der Waals surface area (Å²) in [7, 11) is 0. The van der Waals surface area contributed by atoms with Gasteiger partial charge < -0.3 is 25.5 Å². The van der Waals surface area contributed by atoms with Crippen LogP contribution in [0, 0.1) is 17.0 Å². The number of nitrogens with zero attached hydrogens (tertiary/aromatic N) is 5. The van der Waals surface area contributed by atoms with Crippen molar-refractivity contribution in [3.8, 4) is 11.8 Å². The number of aliphatic hydroxyl groups is 1. The Morgan fingerprint density at radius 3 is 2.61 bits per heavy atom. The monoisotopic (exact) mass is 453 g/mol. The van der Waals surface area contributed by atoms with Gasteiger partial charge in [0.1, 0.15) is 17.6 Å². The molecule has 1 aliphatic heterocycles. The first-order valence-corrected chi connectivity index (χ1v) is 10.7. The van der Waals surface area contributed by atoms with Crippen LogP contribution in [0.25, 0.3) is 21.9 Å². The van der Waals surface area contributed by atoms with Crippen molar-refractivity contribution in [2.75, 3.05) is 18.0 Å². The maximum Gasteiger partial charge on any atom is 0.326 e. The zero-order chi connectivity index (χ0) is 22.9. The van der Waals surface area contributed by atoms with Crippen LogP contribution in [-0.4, -0.2) is 49.2 Å². The summed E-state index contributed by atoms with van der Waals surface area (Å²) in [5.41, 5.74) is 7.00. The predicted molar refractivity (Wildman–Crippen MR) is 116 cm³/mol. The second kappa shape index (κ2) is 7.03. The Hall–Kier alpha value is -3.44. The molecule has 170 valence electrons. The fourth-order valence-corrected chi connectivity index (χ4v) is 4.73. The van der Waals surface area contributed by atoms with Crippen molar-refractivity contribution in [2.45, 2.75) is 31.9 Å². The summed E-state index contributed by atoms with van der Waals surface area (Å²) in [5, 5.41) is 10.1. The largest absolute Gasteiger partial charge is 0.421 e. The molecule has 3 aromatic heterocycles. The van der Waals surface area contributed by atoms with Crippen LogP contribution >= 0.6 is 0 Å². The maximum atomic E-state index is 14.8. The zero-order valence-corrected chi connectivity index (χ0v) is 17.7.